The molecule has 4 heteroatoms. The van der Waals surface area contributed by atoms with E-state index in [-0.39, 0.29) is 11.8 Å². The molecule has 0 bridgehead atoms. The second-order valence-electron chi connectivity index (χ2n) is 6.11. The van der Waals surface area contributed by atoms with Crippen LogP contribution in [0.5, 0.6) is 0 Å². The third-order valence-electron chi connectivity index (χ3n) is 4.70. The van der Waals surface area contributed by atoms with E-state index in [4.69, 9.17) is 4.74 Å². The monoisotopic (exact) mass is 288 g/mol. The minimum atomic E-state index is 0.181. The Balaban J connectivity index is 1.58. The first kappa shape index (κ1) is 14.4. The first-order valence-corrected chi connectivity index (χ1v) is 7.95. The van der Waals surface area contributed by atoms with E-state index < -0.39 is 0 Å². The summed E-state index contributed by atoms with van der Waals surface area (Å²) in [6.45, 7) is 1.98. The summed E-state index contributed by atoms with van der Waals surface area (Å²) >= 11 is 0. The van der Waals surface area contributed by atoms with Crippen molar-refractivity contribution in [1.82, 2.24) is 0 Å². The van der Waals surface area contributed by atoms with E-state index in [0.29, 0.717) is 6.10 Å². The number of anilines is 2. The zero-order chi connectivity index (χ0) is 14.7. The normalized spacial score (nSPS) is 22.7. The lowest BCUT2D eigenvalue weighted by atomic mass is 10.1. The molecule has 1 aromatic rings. The predicted octanol–water partition coefficient (Wildman–Crippen LogP) is 3.04. The number of benzene rings is 1. The second kappa shape index (κ2) is 6.48. The summed E-state index contributed by atoms with van der Waals surface area (Å²) in [5.41, 5.74) is 2.10. The number of rotatable bonds is 4. The van der Waals surface area contributed by atoms with Crippen molar-refractivity contribution in [2.45, 2.75) is 38.2 Å². The average Bonchev–Trinajstić information content (AvgIpc) is 3.19. The van der Waals surface area contributed by atoms with E-state index in [1.165, 1.54) is 18.5 Å². The molecule has 0 aromatic heterocycles. The van der Waals surface area contributed by atoms with E-state index in [1.54, 1.807) is 7.11 Å². The fourth-order valence-corrected chi connectivity index (χ4v) is 3.34. The molecule has 3 rings (SSSR count). The Morgan fingerprint density at radius 2 is 1.90 bits per heavy atom. The van der Waals surface area contributed by atoms with Crippen LogP contribution in [0.3, 0.4) is 0 Å². The minimum Gasteiger partial charge on any atom is -0.380 e. The molecule has 1 saturated carbocycles. The standard InChI is InChI=1S/C17H24N2O2/c1-21-16-10-11-19(12-16)15-8-6-14(7-9-15)18-17(20)13-4-2-3-5-13/h6-9,13,16H,2-5,10-12H2,1H3,(H,18,20)/t16-/m1/s1. The molecule has 1 amide bonds. The van der Waals surface area contributed by atoms with Crippen LogP contribution in [0.25, 0.3) is 0 Å². The van der Waals surface area contributed by atoms with E-state index >= 15 is 0 Å². The molecule has 1 N–H and O–H groups in total. The van der Waals surface area contributed by atoms with Gasteiger partial charge in [0.25, 0.3) is 0 Å². The number of ether oxygens (including phenoxy) is 1. The third kappa shape index (κ3) is 3.38. The van der Waals surface area contributed by atoms with Crippen LogP contribution in [0.15, 0.2) is 24.3 Å². The Bertz CT molecular complexity index is 480. The number of hydrogen-bond donors (Lipinski definition) is 1. The molecule has 1 atom stereocenters. The fraction of sp³-hybridized carbons (Fsp3) is 0.588. The highest BCUT2D eigenvalue weighted by molar-refractivity contribution is 5.92. The van der Waals surface area contributed by atoms with Crippen LogP contribution in [0, 0.1) is 5.92 Å². The van der Waals surface area contributed by atoms with Gasteiger partial charge in [-0.15, -0.1) is 0 Å². The van der Waals surface area contributed by atoms with Gasteiger partial charge in [0, 0.05) is 37.5 Å². The summed E-state index contributed by atoms with van der Waals surface area (Å²) in [6, 6.07) is 8.18. The molecule has 1 saturated heterocycles. The van der Waals surface area contributed by atoms with Crippen LogP contribution in [0.4, 0.5) is 11.4 Å². The quantitative estimate of drug-likeness (QED) is 0.926. The molecular formula is C17H24N2O2. The lowest BCUT2D eigenvalue weighted by Crippen LogP contribution is -2.22. The van der Waals surface area contributed by atoms with Gasteiger partial charge in [-0.2, -0.15) is 0 Å². The molecule has 0 spiro atoms. The number of nitrogens with zero attached hydrogens (tertiary/aromatic N) is 1. The topological polar surface area (TPSA) is 41.6 Å². The van der Waals surface area contributed by atoms with Crippen molar-refractivity contribution in [1.29, 1.82) is 0 Å². The molecule has 0 unspecified atom stereocenters. The highest BCUT2D eigenvalue weighted by Gasteiger charge is 2.23. The minimum absolute atomic E-state index is 0.181. The van der Waals surface area contributed by atoms with Crippen molar-refractivity contribution >= 4 is 17.3 Å². The summed E-state index contributed by atoms with van der Waals surface area (Å²) in [6.07, 6.45) is 5.87. The van der Waals surface area contributed by atoms with Crippen LogP contribution in [0.2, 0.25) is 0 Å². The molecule has 0 radical (unpaired) electrons. The molecule has 1 aromatic carbocycles. The van der Waals surface area contributed by atoms with E-state index in [1.807, 2.05) is 12.1 Å². The Morgan fingerprint density at radius 3 is 2.52 bits per heavy atom. The summed E-state index contributed by atoms with van der Waals surface area (Å²) in [5, 5.41) is 3.04. The Labute approximate surface area is 126 Å². The molecule has 4 nitrogen and oxygen atoms in total. The van der Waals surface area contributed by atoms with Crippen LogP contribution >= 0.6 is 0 Å². The molecule has 21 heavy (non-hydrogen) atoms. The molecular weight excluding hydrogens is 264 g/mol. The maximum atomic E-state index is 12.1. The van der Waals surface area contributed by atoms with Crippen molar-refractivity contribution in [2.24, 2.45) is 5.92 Å². The summed E-state index contributed by atoms with van der Waals surface area (Å²) in [7, 11) is 1.77. The number of nitrogens with one attached hydrogen (secondary N) is 1. The highest BCUT2D eigenvalue weighted by atomic mass is 16.5. The molecule has 1 aliphatic heterocycles. The fourth-order valence-electron chi connectivity index (χ4n) is 3.34. The molecule has 2 fully saturated rings. The van der Waals surface area contributed by atoms with Gasteiger partial charge in [0.2, 0.25) is 5.91 Å². The van der Waals surface area contributed by atoms with Gasteiger partial charge in [-0.1, -0.05) is 12.8 Å². The number of methoxy groups -OCH3 is 1. The Hall–Kier alpha value is -1.55. The van der Waals surface area contributed by atoms with Gasteiger partial charge in [-0.25, -0.2) is 0 Å². The zero-order valence-electron chi connectivity index (χ0n) is 12.7. The zero-order valence-corrected chi connectivity index (χ0v) is 12.7. The van der Waals surface area contributed by atoms with Gasteiger partial charge in [-0.05, 0) is 43.5 Å². The third-order valence-corrected chi connectivity index (χ3v) is 4.70. The van der Waals surface area contributed by atoms with Gasteiger partial charge in [0.05, 0.1) is 6.10 Å². The molecule has 1 aliphatic carbocycles. The van der Waals surface area contributed by atoms with E-state index in [2.05, 4.69) is 22.3 Å². The highest BCUT2D eigenvalue weighted by Crippen LogP contribution is 2.27. The predicted molar refractivity (Wildman–Crippen MR) is 84.7 cm³/mol. The number of hydrogen-bond acceptors (Lipinski definition) is 3. The van der Waals surface area contributed by atoms with E-state index in [9.17, 15) is 4.79 Å². The first-order chi connectivity index (χ1) is 10.3. The Kier molecular flexibility index (Phi) is 4.44. The molecule has 114 valence electrons. The van der Waals surface area contributed by atoms with Gasteiger partial charge >= 0.3 is 0 Å². The number of carbonyl (C=O) groups is 1. The smallest absolute Gasteiger partial charge is 0.227 e. The van der Waals surface area contributed by atoms with Crippen molar-refractivity contribution in [3.63, 3.8) is 0 Å². The number of amides is 1. The van der Waals surface area contributed by atoms with Crippen molar-refractivity contribution in [3.05, 3.63) is 24.3 Å². The van der Waals surface area contributed by atoms with Crippen molar-refractivity contribution < 1.29 is 9.53 Å². The van der Waals surface area contributed by atoms with Gasteiger partial charge in [0.15, 0.2) is 0 Å². The largest absolute Gasteiger partial charge is 0.380 e. The summed E-state index contributed by atoms with van der Waals surface area (Å²) in [5.74, 6) is 0.395. The van der Waals surface area contributed by atoms with Gasteiger partial charge < -0.3 is 15.0 Å². The van der Waals surface area contributed by atoms with Crippen LogP contribution in [0.1, 0.15) is 32.1 Å². The first-order valence-electron chi connectivity index (χ1n) is 7.95. The molecule has 2 aliphatic rings. The van der Waals surface area contributed by atoms with Crippen LogP contribution in [-0.2, 0) is 9.53 Å². The van der Waals surface area contributed by atoms with Gasteiger partial charge in [-0.3, -0.25) is 4.79 Å². The maximum absolute atomic E-state index is 12.1. The maximum Gasteiger partial charge on any atom is 0.227 e. The van der Waals surface area contributed by atoms with Crippen LogP contribution < -0.4 is 10.2 Å². The second-order valence-corrected chi connectivity index (χ2v) is 6.11. The lowest BCUT2D eigenvalue weighted by molar-refractivity contribution is -0.119. The molecule has 1 heterocycles. The van der Waals surface area contributed by atoms with Crippen molar-refractivity contribution in [2.75, 3.05) is 30.4 Å². The summed E-state index contributed by atoms with van der Waals surface area (Å²) < 4.78 is 5.40. The van der Waals surface area contributed by atoms with E-state index in [0.717, 1.165) is 38.0 Å². The average molecular weight is 288 g/mol. The SMILES string of the molecule is CO[C@@H]1CCN(c2ccc(NC(=O)C3CCCC3)cc2)C1. The summed E-state index contributed by atoms with van der Waals surface area (Å²) in [4.78, 5) is 14.4. The van der Waals surface area contributed by atoms with Crippen molar-refractivity contribution in [3.8, 4) is 0 Å². The number of carbonyl (C=O) groups excluding carboxylic acids is 1. The van der Waals surface area contributed by atoms with Crippen LogP contribution in [-0.4, -0.2) is 32.2 Å². The van der Waals surface area contributed by atoms with Gasteiger partial charge in [0.1, 0.15) is 0 Å². The lowest BCUT2D eigenvalue weighted by Gasteiger charge is -2.19. The Morgan fingerprint density at radius 1 is 1.19 bits per heavy atom.